The van der Waals surface area contributed by atoms with Crippen LogP contribution in [0.5, 0.6) is 0 Å². The Kier molecular flexibility index (Phi) is 5.99. The monoisotopic (exact) mass is 465 g/mol. The number of aromatic nitrogens is 2. The first-order valence-electron chi connectivity index (χ1n) is 8.32. The number of carbonyl (C=O) groups is 1. The molecule has 1 atom stereocenters. The number of carboxylic acid groups (broad SMARTS) is 1. The number of nitrogens with zero attached hydrogens (tertiary/aromatic N) is 4. The van der Waals surface area contributed by atoms with E-state index >= 15 is 0 Å². The smallest absolute Gasteiger partial charge is 0.338 e. The fourth-order valence-corrected chi connectivity index (χ4v) is 3.54. The standard InChI is InChI=1S/C17H15N5O7S2/c1-9-15(16(18)22(21-9)10-3-2-4-11(7-10)30(25)26)20-19-14-6-5-12(31(27,28)29)8-13(14)17(23)24/h2-8H,18H2,1H3,(H,23,24)(H,25,26)(H,27,28,29). The third-order valence-corrected chi connectivity index (χ3v) is 5.59. The second-order valence-electron chi connectivity index (χ2n) is 6.14. The molecule has 0 aliphatic rings. The molecule has 14 heteroatoms. The number of azo groups is 1. The Morgan fingerprint density at radius 3 is 2.52 bits per heavy atom. The third-order valence-electron chi connectivity index (χ3n) is 4.08. The maximum Gasteiger partial charge on any atom is 0.338 e. The van der Waals surface area contributed by atoms with Crippen molar-refractivity contribution in [1.82, 2.24) is 9.78 Å². The number of hydrogen-bond donors (Lipinski definition) is 4. The van der Waals surface area contributed by atoms with E-state index in [4.69, 9.17) is 10.3 Å². The minimum absolute atomic E-state index is 0.0357. The maximum atomic E-state index is 11.5. The van der Waals surface area contributed by atoms with Gasteiger partial charge in [-0.2, -0.15) is 13.5 Å². The van der Waals surface area contributed by atoms with Gasteiger partial charge in [-0.25, -0.2) is 13.7 Å². The van der Waals surface area contributed by atoms with E-state index in [1.165, 1.54) is 16.8 Å². The predicted octanol–water partition coefficient (Wildman–Crippen LogP) is 2.70. The number of nitrogens with two attached hydrogens (primary N) is 1. The molecule has 1 heterocycles. The fraction of sp³-hybridized carbons (Fsp3) is 0.0588. The molecule has 0 fully saturated rings. The summed E-state index contributed by atoms with van der Waals surface area (Å²) in [7, 11) is -4.60. The highest BCUT2D eigenvalue weighted by molar-refractivity contribution is 7.85. The van der Waals surface area contributed by atoms with Crippen LogP contribution in [0.25, 0.3) is 5.69 Å². The van der Waals surface area contributed by atoms with Crippen molar-refractivity contribution in [3.63, 3.8) is 0 Å². The lowest BCUT2D eigenvalue weighted by Gasteiger charge is -2.05. The first kappa shape index (κ1) is 22.2. The van der Waals surface area contributed by atoms with Gasteiger partial charge in [0.05, 0.1) is 26.7 Å². The molecule has 0 amide bonds. The van der Waals surface area contributed by atoms with E-state index in [2.05, 4.69) is 15.3 Å². The first-order valence-corrected chi connectivity index (χ1v) is 10.9. The van der Waals surface area contributed by atoms with Gasteiger partial charge in [-0.15, -0.1) is 10.2 Å². The molecule has 0 saturated carbocycles. The molecule has 0 spiro atoms. The normalized spacial score (nSPS) is 12.9. The van der Waals surface area contributed by atoms with Crippen LogP contribution < -0.4 is 5.73 Å². The van der Waals surface area contributed by atoms with Crippen LogP contribution in [-0.4, -0.2) is 42.6 Å². The van der Waals surface area contributed by atoms with Crippen molar-refractivity contribution < 1.29 is 31.6 Å². The average molecular weight is 465 g/mol. The summed E-state index contributed by atoms with van der Waals surface area (Å²) in [5, 5.41) is 21.3. The lowest BCUT2D eigenvalue weighted by molar-refractivity contribution is 0.0697. The van der Waals surface area contributed by atoms with E-state index in [0.29, 0.717) is 11.4 Å². The van der Waals surface area contributed by atoms with Gasteiger partial charge in [0, 0.05) is 0 Å². The lowest BCUT2D eigenvalue weighted by atomic mass is 10.2. The summed E-state index contributed by atoms with van der Waals surface area (Å²) in [5.74, 6) is -1.44. The second kappa shape index (κ2) is 8.35. The molecule has 0 bridgehead atoms. The second-order valence-corrected chi connectivity index (χ2v) is 8.53. The fourth-order valence-electron chi connectivity index (χ4n) is 2.62. The number of aryl methyl sites for hydroxylation is 1. The third kappa shape index (κ3) is 4.66. The van der Waals surface area contributed by atoms with Gasteiger partial charge in [0.1, 0.15) is 5.69 Å². The molecule has 12 nitrogen and oxygen atoms in total. The summed E-state index contributed by atoms with van der Waals surface area (Å²) in [6.45, 7) is 1.58. The van der Waals surface area contributed by atoms with Gasteiger partial charge in [0.25, 0.3) is 10.1 Å². The van der Waals surface area contributed by atoms with Crippen LogP contribution in [0, 0.1) is 6.92 Å². The van der Waals surface area contributed by atoms with Crippen LogP contribution in [-0.2, 0) is 21.2 Å². The van der Waals surface area contributed by atoms with E-state index in [-0.39, 0.29) is 22.1 Å². The highest BCUT2D eigenvalue weighted by Crippen LogP contribution is 2.32. The molecule has 0 saturated heterocycles. The van der Waals surface area contributed by atoms with Gasteiger partial charge < -0.3 is 15.4 Å². The minimum Gasteiger partial charge on any atom is -0.478 e. The number of nitrogen functional groups attached to an aromatic ring is 1. The van der Waals surface area contributed by atoms with Gasteiger partial charge >= 0.3 is 5.97 Å². The Hall–Kier alpha value is -3.46. The van der Waals surface area contributed by atoms with Gasteiger partial charge in [0.2, 0.25) is 0 Å². The quantitative estimate of drug-likeness (QED) is 0.240. The molecular formula is C17H15N5O7S2. The molecule has 162 valence electrons. The van der Waals surface area contributed by atoms with Gasteiger partial charge in [-0.3, -0.25) is 4.55 Å². The Balaban J connectivity index is 2.04. The Morgan fingerprint density at radius 1 is 1.19 bits per heavy atom. The van der Waals surface area contributed by atoms with Crippen molar-refractivity contribution in [2.24, 2.45) is 10.2 Å². The summed E-state index contributed by atoms with van der Waals surface area (Å²) in [6.07, 6.45) is 0. The number of benzene rings is 2. The van der Waals surface area contributed by atoms with Crippen molar-refractivity contribution in [2.75, 3.05) is 5.73 Å². The summed E-state index contributed by atoms with van der Waals surface area (Å²) in [4.78, 5) is 11.0. The van der Waals surface area contributed by atoms with Crippen LogP contribution in [0.1, 0.15) is 16.1 Å². The first-order chi connectivity index (χ1) is 14.5. The zero-order valence-corrected chi connectivity index (χ0v) is 17.3. The summed E-state index contributed by atoms with van der Waals surface area (Å²) >= 11 is -2.20. The molecule has 1 aromatic heterocycles. The summed E-state index contributed by atoms with van der Waals surface area (Å²) in [6, 6.07) is 8.84. The van der Waals surface area contributed by atoms with Crippen molar-refractivity contribution in [1.29, 1.82) is 0 Å². The molecule has 3 rings (SSSR count). The number of rotatable bonds is 6. The van der Waals surface area contributed by atoms with E-state index < -0.39 is 37.6 Å². The molecule has 31 heavy (non-hydrogen) atoms. The average Bonchev–Trinajstić information content (AvgIpc) is 2.99. The highest BCUT2D eigenvalue weighted by Gasteiger charge is 2.18. The zero-order valence-electron chi connectivity index (χ0n) is 15.7. The SMILES string of the molecule is Cc1nn(-c2cccc(S(=O)O)c2)c(N)c1N=Nc1ccc(S(=O)(=O)O)cc1C(=O)O. The van der Waals surface area contributed by atoms with Gasteiger partial charge in [-0.05, 0) is 43.3 Å². The molecule has 3 aromatic rings. The molecule has 1 unspecified atom stereocenters. The van der Waals surface area contributed by atoms with Crippen LogP contribution in [0.2, 0.25) is 0 Å². The van der Waals surface area contributed by atoms with E-state index in [9.17, 15) is 27.1 Å². The minimum atomic E-state index is -4.60. The zero-order chi connectivity index (χ0) is 22.9. The maximum absolute atomic E-state index is 11.5. The van der Waals surface area contributed by atoms with Crippen LogP contribution in [0.4, 0.5) is 17.2 Å². The van der Waals surface area contributed by atoms with Crippen molar-refractivity contribution >= 4 is 44.4 Å². The van der Waals surface area contributed by atoms with Crippen molar-refractivity contribution in [3.05, 3.63) is 53.7 Å². The topological polar surface area (TPSA) is 198 Å². The highest BCUT2D eigenvalue weighted by atomic mass is 32.2. The molecule has 0 radical (unpaired) electrons. The summed E-state index contributed by atoms with van der Waals surface area (Å²) < 4.78 is 53.4. The largest absolute Gasteiger partial charge is 0.478 e. The number of carboxylic acids is 1. The van der Waals surface area contributed by atoms with Crippen LogP contribution >= 0.6 is 0 Å². The van der Waals surface area contributed by atoms with Gasteiger partial charge in [0.15, 0.2) is 22.6 Å². The number of aromatic carboxylic acids is 1. The van der Waals surface area contributed by atoms with E-state index in [1.54, 1.807) is 19.1 Å². The molecule has 2 aromatic carbocycles. The van der Waals surface area contributed by atoms with Crippen molar-refractivity contribution in [2.45, 2.75) is 16.7 Å². The molecule has 5 N–H and O–H groups in total. The van der Waals surface area contributed by atoms with Crippen LogP contribution in [0.3, 0.4) is 0 Å². The predicted molar refractivity (Wildman–Crippen MR) is 109 cm³/mol. The van der Waals surface area contributed by atoms with E-state index in [1.807, 2.05) is 0 Å². The van der Waals surface area contributed by atoms with E-state index in [0.717, 1.165) is 18.2 Å². The molecule has 0 aliphatic carbocycles. The Labute approximate surface area is 178 Å². The van der Waals surface area contributed by atoms with Crippen LogP contribution in [0.15, 0.2) is 62.5 Å². The molecular weight excluding hydrogens is 450 g/mol. The number of hydrogen-bond acceptors (Lipinski definition) is 8. The Bertz CT molecular complexity index is 1350. The van der Waals surface area contributed by atoms with Crippen molar-refractivity contribution in [3.8, 4) is 5.69 Å². The molecule has 0 aliphatic heterocycles. The number of anilines is 1. The lowest BCUT2D eigenvalue weighted by Crippen LogP contribution is -2.03. The van der Waals surface area contributed by atoms with Gasteiger partial charge in [-0.1, -0.05) is 6.07 Å². The Morgan fingerprint density at radius 2 is 1.90 bits per heavy atom. The summed E-state index contributed by atoms with van der Waals surface area (Å²) in [5.41, 5.74) is 6.26.